The zero-order chi connectivity index (χ0) is 10.4. The molecule has 0 aromatic heterocycles. The molecule has 1 fully saturated rings. The largest absolute Gasteiger partial charge is 0.329 e. The van der Waals surface area contributed by atoms with Crippen molar-refractivity contribution in [1.29, 1.82) is 0 Å². The predicted octanol–water partition coefficient (Wildman–Crippen LogP) is 0.751. The van der Waals surface area contributed by atoms with Gasteiger partial charge in [-0.25, -0.2) is 0 Å². The number of rotatable bonds is 4. The molecule has 14 heavy (non-hydrogen) atoms. The summed E-state index contributed by atoms with van der Waals surface area (Å²) in [6.07, 6.45) is 4.07. The van der Waals surface area contributed by atoms with Gasteiger partial charge in [-0.15, -0.1) is 0 Å². The number of hydrogen-bond acceptors (Lipinski definition) is 3. The van der Waals surface area contributed by atoms with Crippen LogP contribution in [-0.2, 0) is 0 Å². The topological polar surface area (TPSA) is 32.5 Å². The Kier molecular flexibility index (Phi) is 5.45. The van der Waals surface area contributed by atoms with Gasteiger partial charge in [0.15, 0.2) is 0 Å². The minimum Gasteiger partial charge on any atom is -0.329 e. The van der Waals surface area contributed by atoms with Crippen molar-refractivity contribution >= 4 is 0 Å². The summed E-state index contributed by atoms with van der Waals surface area (Å²) in [6.45, 7) is 7.68. The van der Waals surface area contributed by atoms with Gasteiger partial charge in [-0.1, -0.05) is 13.3 Å². The van der Waals surface area contributed by atoms with Crippen molar-refractivity contribution in [3.8, 4) is 0 Å². The maximum atomic E-state index is 5.63. The van der Waals surface area contributed by atoms with Crippen LogP contribution in [0.3, 0.4) is 0 Å². The van der Waals surface area contributed by atoms with Crippen molar-refractivity contribution in [2.45, 2.75) is 32.2 Å². The van der Waals surface area contributed by atoms with Crippen LogP contribution in [0.1, 0.15) is 26.2 Å². The number of likely N-dealkylation sites (tertiary alicyclic amines) is 1. The molecule has 0 radical (unpaired) electrons. The Balaban J connectivity index is 2.45. The van der Waals surface area contributed by atoms with E-state index in [9.17, 15) is 0 Å². The fourth-order valence-corrected chi connectivity index (χ4v) is 2.37. The molecule has 1 aliphatic heterocycles. The van der Waals surface area contributed by atoms with E-state index >= 15 is 0 Å². The van der Waals surface area contributed by atoms with Gasteiger partial charge in [-0.3, -0.25) is 4.90 Å². The number of hydrogen-bond donors (Lipinski definition) is 1. The highest BCUT2D eigenvalue weighted by Crippen LogP contribution is 2.14. The van der Waals surface area contributed by atoms with E-state index in [4.69, 9.17) is 5.73 Å². The van der Waals surface area contributed by atoms with Crippen LogP contribution in [0.15, 0.2) is 0 Å². The highest BCUT2D eigenvalue weighted by atomic mass is 15.2. The third kappa shape index (κ3) is 3.56. The summed E-state index contributed by atoms with van der Waals surface area (Å²) in [5.41, 5.74) is 5.63. The average Bonchev–Trinajstić information content (AvgIpc) is 2.39. The molecule has 3 heteroatoms. The minimum atomic E-state index is 0.732. The summed E-state index contributed by atoms with van der Waals surface area (Å²) in [5.74, 6) is 0. The maximum Gasteiger partial charge on any atom is 0.0223 e. The van der Waals surface area contributed by atoms with Crippen molar-refractivity contribution in [1.82, 2.24) is 9.80 Å². The molecule has 1 saturated heterocycles. The van der Waals surface area contributed by atoms with Crippen molar-refractivity contribution in [3.63, 3.8) is 0 Å². The molecule has 0 aliphatic carbocycles. The molecule has 1 aliphatic rings. The van der Waals surface area contributed by atoms with Gasteiger partial charge in [-0.05, 0) is 33.0 Å². The molecule has 0 spiro atoms. The second kappa shape index (κ2) is 6.38. The fourth-order valence-electron chi connectivity index (χ4n) is 2.37. The van der Waals surface area contributed by atoms with Crippen LogP contribution >= 0.6 is 0 Å². The van der Waals surface area contributed by atoms with Crippen LogP contribution in [0.25, 0.3) is 0 Å². The quantitative estimate of drug-likeness (QED) is 0.725. The van der Waals surface area contributed by atoms with Crippen LogP contribution in [0.2, 0.25) is 0 Å². The summed E-state index contributed by atoms with van der Waals surface area (Å²) in [6, 6.07) is 0.732. The van der Waals surface area contributed by atoms with Crippen molar-refractivity contribution in [2.24, 2.45) is 5.73 Å². The molecule has 1 rings (SSSR count). The Morgan fingerprint density at radius 3 is 2.86 bits per heavy atom. The molecular weight excluding hydrogens is 174 g/mol. The number of nitrogens with two attached hydrogens (primary N) is 1. The highest BCUT2D eigenvalue weighted by Gasteiger charge is 2.20. The van der Waals surface area contributed by atoms with E-state index in [1.54, 1.807) is 0 Å². The molecule has 0 amide bonds. The number of likely N-dealkylation sites (N-methyl/N-ethyl adjacent to an activating group) is 2. The zero-order valence-corrected chi connectivity index (χ0v) is 9.71. The lowest BCUT2D eigenvalue weighted by atomic mass is 10.1. The Morgan fingerprint density at radius 2 is 2.21 bits per heavy atom. The predicted molar refractivity (Wildman–Crippen MR) is 61.4 cm³/mol. The first-order valence-electron chi connectivity index (χ1n) is 5.90. The smallest absolute Gasteiger partial charge is 0.0223 e. The normalized spacial score (nSPS) is 25.3. The monoisotopic (exact) mass is 199 g/mol. The van der Waals surface area contributed by atoms with Gasteiger partial charge < -0.3 is 10.6 Å². The van der Waals surface area contributed by atoms with Crippen molar-refractivity contribution in [3.05, 3.63) is 0 Å². The summed E-state index contributed by atoms with van der Waals surface area (Å²) in [4.78, 5) is 4.98. The summed E-state index contributed by atoms with van der Waals surface area (Å²) in [5, 5.41) is 0. The summed E-state index contributed by atoms with van der Waals surface area (Å²) in [7, 11) is 2.23. The van der Waals surface area contributed by atoms with E-state index < -0.39 is 0 Å². The molecule has 1 atom stereocenters. The molecule has 0 aromatic rings. The van der Waals surface area contributed by atoms with Crippen LogP contribution in [-0.4, -0.2) is 55.6 Å². The van der Waals surface area contributed by atoms with Gasteiger partial charge in [0.25, 0.3) is 0 Å². The van der Waals surface area contributed by atoms with Gasteiger partial charge in [0.1, 0.15) is 0 Å². The lowest BCUT2D eigenvalue weighted by Crippen LogP contribution is -2.43. The molecule has 0 bridgehead atoms. The minimum absolute atomic E-state index is 0.732. The van der Waals surface area contributed by atoms with E-state index in [1.165, 1.54) is 32.4 Å². The Hall–Kier alpha value is -0.120. The van der Waals surface area contributed by atoms with Gasteiger partial charge in [0.05, 0.1) is 0 Å². The van der Waals surface area contributed by atoms with Gasteiger partial charge in [-0.2, -0.15) is 0 Å². The molecule has 3 nitrogen and oxygen atoms in total. The third-order valence-corrected chi connectivity index (χ3v) is 3.19. The second-order valence-corrected chi connectivity index (χ2v) is 4.33. The van der Waals surface area contributed by atoms with Crippen LogP contribution in [0.4, 0.5) is 0 Å². The maximum absolute atomic E-state index is 5.63. The lowest BCUT2D eigenvalue weighted by Gasteiger charge is -2.31. The van der Waals surface area contributed by atoms with E-state index in [-0.39, 0.29) is 0 Å². The van der Waals surface area contributed by atoms with Crippen LogP contribution < -0.4 is 5.73 Å². The third-order valence-electron chi connectivity index (χ3n) is 3.19. The van der Waals surface area contributed by atoms with Crippen LogP contribution in [0, 0.1) is 0 Å². The molecule has 84 valence electrons. The Morgan fingerprint density at radius 1 is 1.43 bits per heavy atom. The zero-order valence-electron chi connectivity index (χ0n) is 9.71. The molecular formula is C11H25N3. The summed E-state index contributed by atoms with van der Waals surface area (Å²) < 4.78 is 0. The van der Waals surface area contributed by atoms with Crippen LogP contribution in [0.5, 0.6) is 0 Å². The average molecular weight is 199 g/mol. The SMILES string of the molecule is CCN(CCN)C1CCCCN(C)C1. The molecule has 1 heterocycles. The first kappa shape index (κ1) is 12.0. The molecule has 2 N–H and O–H groups in total. The van der Waals surface area contributed by atoms with E-state index in [2.05, 4.69) is 23.8 Å². The highest BCUT2D eigenvalue weighted by molar-refractivity contribution is 4.77. The first-order chi connectivity index (χ1) is 6.77. The molecule has 1 unspecified atom stereocenters. The Bertz CT molecular complexity index is 149. The van der Waals surface area contributed by atoms with Crippen molar-refractivity contribution in [2.75, 3.05) is 39.8 Å². The van der Waals surface area contributed by atoms with Gasteiger partial charge >= 0.3 is 0 Å². The fraction of sp³-hybridized carbons (Fsp3) is 1.00. The summed E-state index contributed by atoms with van der Waals surface area (Å²) >= 11 is 0. The second-order valence-electron chi connectivity index (χ2n) is 4.33. The van der Waals surface area contributed by atoms with E-state index in [0.717, 1.165) is 25.7 Å². The molecule has 0 aromatic carbocycles. The Labute approximate surface area is 88.2 Å². The van der Waals surface area contributed by atoms with Crippen molar-refractivity contribution < 1.29 is 0 Å². The van der Waals surface area contributed by atoms with Gasteiger partial charge in [0, 0.05) is 25.7 Å². The molecule has 0 saturated carbocycles. The standard InChI is InChI=1S/C11H25N3/c1-3-14(9-7-12)11-6-4-5-8-13(2)10-11/h11H,3-10,12H2,1-2H3. The lowest BCUT2D eigenvalue weighted by molar-refractivity contribution is 0.168. The van der Waals surface area contributed by atoms with E-state index in [1.807, 2.05) is 0 Å². The van der Waals surface area contributed by atoms with Gasteiger partial charge in [0.2, 0.25) is 0 Å². The number of nitrogens with zero attached hydrogens (tertiary/aromatic N) is 2. The van der Waals surface area contributed by atoms with E-state index in [0.29, 0.717) is 0 Å². The first-order valence-corrected chi connectivity index (χ1v) is 5.90.